The van der Waals surface area contributed by atoms with Crippen LogP contribution in [0.5, 0.6) is 0 Å². The number of hydrogen-bond acceptors (Lipinski definition) is 2. The number of carbonyl (C=O) groups is 1. The Labute approximate surface area is 103 Å². The molecule has 1 saturated heterocycles. The fraction of sp³-hybridized carbons (Fsp3) is 0.500. The lowest BCUT2D eigenvalue weighted by molar-refractivity contribution is 0.0934. The Morgan fingerprint density at radius 2 is 2.00 bits per heavy atom. The second kappa shape index (κ2) is 5.82. The summed E-state index contributed by atoms with van der Waals surface area (Å²) < 4.78 is 0. The highest BCUT2D eigenvalue weighted by Crippen LogP contribution is 2.08. The molecule has 0 radical (unpaired) electrons. The Hall–Kier alpha value is -1.35. The molecule has 1 heterocycles. The van der Waals surface area contributed by atoms with Gasteiger partial charge >= 0.3 is 0 Å². The van der Waals surface area contributed by atoms with Gasteiger partial charge in [-0.3, -0.25) is 4.79 Å². The largest absolute Gasteiger partial charge is 0.349 e. The average molecular weight is 232 g/mol. The van der Waals surface area contributed by atoms with Crippen LogP contribution in [-0.4, -0.2) is 25.0 Å². The fourth-order valence-corrected chi connectivity index (χ4v) is 2.14. The molecule has 3 heteroatoms. The van der Waals surface area contributed by atoms with Crippen LogP contribution in [0, 0.1) is 6.92 Å². The van der Waals surface area contributed by atoms with Gasteiger partial charge in [0.1, 0.15) is 0 Å². The van der Waals surface area contributed by atoms with Crippen LogP contribution in [0.25, 0.3) is 0 Å². The van der Waals surface area contributed by atoms with E-state index < -0.39 is 0 Å². The van der Waals surface area contributed by atoms with Crippen molar-refractivity contribution in [3.05, 3.63) is 35.4 Å². The Morgan fingerprint density at radius 1 is 1.24 bits per heavy atom. The number of carbonyl (C=O) groups excluding carboxylic acids is 1. The maximum atomic E-state index is 12.0. The van der Waals surface area contributed by atoms with E-state index in [1.54, 1.807) is 0 Å². The van der Waals surface area contributed by atoms with Crippen molar-refractivity contribution in [2.45, 2.75) is 32.2 Å². The minimum Gasteiger partial charge on any atom is -0.349 e. The molecule has 92 valence electrons. The molecule has 0 bridgehead atoms. The van der Waals surface area contributed by atoms with Crippen LogP contribution in [0.15, 0.2) is 24.3 Å². The third-order valence-electron chi connectivity index (χ3n) is 3.22. The third-order valence-corrected chi connectivity index (χ3v) is 3.22. The molecule has 0 aromatic heterocycles. The predicted molar refractivity (Wildman–Crippen MR) is 69.2 cm³/mol. The fourth-order valence-electron chi connectivity index (χ4n) is 2.14. The van der Waals surface area contributed by atoms with Crippen LogP contribution >= 0.6 is 0 Å². The molecule has 1 atom stereocenters. The predicted octanol–water partition coefficient (Wildman–Crippen LogP) is 1.87. The van der Waals surface area contributed by atoms with E-state index in [-0.39, 0.29) is 5.91 Å². The van der Waals surface area contributed by atoms with E-state index in [1.807, 2.05) is 31.2 Å². The molecule has 1 aliphatic heterocycles. The molecular weight excluding hydrogens is 212 g/mol. The SMILES string of the molecule is Cc1ccc(C(=O)NC2CCCNCC2)cc1. The van der Waals surface area contributed by atoms with Crippen LogP contribution in [0.4, 0.5) is 0 Å². The second-order valence-corrected chi connectivity index (χ2v) is 4.72. The zero-order chi connectivity index (χ0) is 12.1. The number of amides is 1. The Balaban J connectivity index is 1.93. The Bertz CT molecular complexity index is 364. The summed E-state index contributed by atoms with van der Waals surface area (Å²) in [6.45, 7) is 4.09. The Kier molecular flexibility index (Phi) is 4.15. The molecule has 1 aliphatic rings. The van der Waals surface area contributed by atoms with Crippen LogP contribution in [0.3, 0.4) is 0 Å². The number of rotatable bonds is 2. The molecule has 17 heavy (non-hydrogen) atoms. The molecule has 1 fully saturated rings. The van der Waals surface area contributed by atoms with Gasteiger partial charge in [0.05, 0.1) is 0 Å². The molecule has 1 aromatic carbocycles. The van der Waals surface area contributed by atoms with Crippen LogP contribution in [0.2, 0.25) is 0 Å². The lowest BCUT2D eigenvalue weighted by atomic mass is 10.1. The highest BCUT2D eigenvalue weighted by molar-refractivity contribution is 5.94. The molecular formula is C14H20N2O. The van der Waals surface area contributed by atoms with Crippen LogP contribution in [0.1, 0.15) is 35.2 Å². The summed E-state index contributed by atoms with van der Waals surface area (Å²) >= 11 is 0. The van der Waals surface area contributed by atoms with Gasteiger partial charge in [0.15, 0.2) is 0 Å². The first-order chi connectivity index (χ1) is 8.25. The standard InChI is InChI=1S/C14H20N2O/c1-11-4-6-12(7-5-11)14(17)16-13-3-2-9-15-10-8-13/h4-7,13,15H,2-3,8-10H2,1H3,(H,16,17). The normalized spacial score (nSPS) is 20.6. The average Bonchev–Trinajstić information content (AvgIpc) is 2.58. The van der Waals surface area contributed by atoms with E-state index in [2.05, 4.69) is 10.6 Å². The van der Waals surface area contributed by atoms with Gasteiger partial charge in [-0.05, 0) is 51.4 Å². The van der Waals surface area contributed by atoms with Crippen molar-refractivity contribution in [1.82, 2.24) is 10.6 Å². The van der Waals surface area contributed by atoms with Gasteiger partial charge in [-0.25, -0.2) is 0 Å². The van der Waals surface area contributed by atoms with Crippen molar-refractivity contribution in [3.63, 3.8) is 0 Å². The van der Waals surface area contributed by atoms with Crippen molar-refractivity contribution < 1.29 is 4.79 Å². The molecule has 0 aliphatic carbocycles. The van der Waals surface area contributed by atoms with E-state index in [0.717, 1.165) is 37.9 Å². The van der Waals surface area contributed by atoms with Crippen molar-refractivity contribution in [1.29, 1.82) is 0 Å². The van der Waals surface area contributed by atoms with E-state index in [1.165, 1.54) is 5.56 Å². The van der Waals surface area contributed by atoms with Gasteiger partial charge in [-0.2, -0.15) is 0 Å². The zero-order valence-electron chi connectivity index (χ0n) is 10.3. The molecule has 1 aromatic rings. The molecule has 3 nitrogen and oxygen atoms in total. The van der Waals surface area contributed by atoms with Crippen LogP contribution in [-0.2, 0) is 0 Å². The quantitative estimate of drug-likeness (QED) is 0.817. The highest BCUT2D eigenvalue weighted by atomic mass is 16.1. The monoisotopic (exact) mass is 232 g/mol. The van der Waals surface area contributed by atoms with Crippen molar-refractivity contribution in [2.24, 2.45) is 0 Å². The minimum atomic E-state index is 0.0527. The van der Waals surface area contributed by atoms with Crippen LogP contribution < -0.4 is 10.6 Å². The molecule has 2 rings (SSSR count). The van der Waals surface area contributed by atoms with E-state index in [9.17, 15) is 4.79 Å². The zero-order valence-corrected chi connectivity index (χ0v) is 10.3. The van der Waals surface area contributed by atoms with Crippen molar-refractivity contribution in [3.8, 4) is 0 Å². The summed E-state index contributed by atoms with van der Waals surface area (Å²) in [4.78, 5) is 12.0. The minimum absolute atomic E-state index is 0.0527. The lowest BCUT2D eigenvalue weighted by Crippen LogP contribution is -2.35. The number of hydrogen-bond donors (Lipinski definition) is 2. The highest BCUT2D eigenvalue weighted by Gasteiger charge is 2.15. The van der Waals surface area contributed by atoms with Gasteiger partial charge in [0.25, 0.3) is 5.91 Å². The summed E-state index contributed by atoms with van der Waals surface area (Å²) in [5.74, 6) is 0.0527. The van der Waals surface area contributed by atoms with Gasteiger partial charge in [-0.15, -0.1) is 0 Å². The smallest absolute Gasteiger partial charge is 0.251 e. The lowest BCUT2D eigenvalue weighted by Gasteiger charge is -2.15. The maximum absolute atomic E-state index is 12.0. The summed E-state index contributed by atoms with van der Waals surface area (Å²) in [5, 5.41) is 6.46. The first-order valence-electron chi connectivity index (χ1n) is 6.34. The summed E-state index contributed by atoms with van der Waals surface area (Å²) in [5.41, 5.74) is 1.94. The summed E-state index contributed by atoms with van der Waals surface area (Å²) in [6.07, 6.45) is 3.24. The number of nitrogens with one attached hydrogen (secondary N) is 2. The van der Waals surface area contributed by atoms with E-state index in [4.69, 9.17) is 0 Å². The van der Waals surface area contributed by atoms with Gasteiger partial charge in [0.2, 0.25) is 0 Å². The van der Waals surface area contributed by atoms with E-state index >= 15 is 0 Å². The molecule has 2 N–H and O–H groups in total. The Morgan fingerprint density at radius 3 is 2.76 bits per heavy atom. The molecule has 1 amide bonds. The van der Waals surface area contributed by atoms with Gasteiger partial charge in [-0.1, -0.05) is 17.7 Å². The van der Waals surface area contributed by atoms with Crippen molar-refractivity contribution in [2.75, 3.05) is 13.1 Å². The first kappa shape index (κ1) is 12.1. The third kappa shape index (κ3) is 3.56. The van der Waals surface area contributed by atoms with Gasteiger partial charge < -0.3 is 10.6 Å². The topological polar surface area (TPSA) is 41.1 Å². The van der Waals surface area contributed by atoms with Gasteiger partial charge in [0, 0.05) is 11.6 Å². The number of benzene rings is 1. The first-order valence-corrected chi connectivity index (χ1v) is 6.34. The molecule has 1 unspecified atom stereocenters. The van der Waals surface area contributed by atoms with E-state index in [0.29, 0.717) is 6.04 Å². The molecule has 0 saturated carbocycles. The summed E-state index contributed by atoms with van der Waals surface area (Å²) in [6, 6.07) is 8.05. The van der Waals surface area contributed by atoms with Crippen molar-refractivity contribution >= 4 is 5.91 Å². The number of aryl methyl sites for hydroxylation is 1. The second-order valence-electron chi connectivity index (χ2n) is 4.72. The maximum Gasteiger partial charge on any atom is 0.251 e. The summed E-state index contributed by atoms with van der Waals surface area (Å²) in [7, 11) is 0. The molecule has 0 spiro atoms.